The fourth-order valence-corrected chi connectivity index (χ4v) is 2.43. The molecule has 2 rings (SSSR count). The lowest BCUT2D eigenvalue weighted by Crippen LogP contribution is -2.24. The number of ether oxygens (including phenoxy) is 1. The molecule has 19 heavy (non-hydrogen) atoms. The minimum absolute atomic E-state index is 0.389. The molecule has 0 aliphatic rings. The maximum Gasteiger partial charge on any atom is 0.340 e. The van der Waals surface area contributed by atoms with E-state index in [1.54, 1.807) is 6.07 Å². The smallest absolute Gasteiger partial charge is 0.340 e. The number of hydrogen-bond acceptors (Lipinski definition) is 3. The zero-order valence-corrected chi connectivity index (χ0v) is 12.7. The van der Waals surface area contributed by atoms with Crippen molar-refractivity contribution in [1.82, 2.24) is 0 Å². The minimum atomic E-state index is -0.540. The fourth-order valence-electron chi connectivity index (χ4n) is 1.86. The maximum absolute atomic E-state index is 12.2. The predicted octanol–water partition coefficient (Wildman–Crippen LogP) is 4.14. The van der Waals surface area contributed by atoms with Crippen molar-refractivity contribution >= 4 is 38.4 Å². The van der Waals surface area contributed by atoms with E-state index in [0.29, 0.717) is 11.3 Å². The molecule has 2 N–H and O–H groups in total. The van der Waals surface area contributed by atoms with Gasteiger partial charge in [-0.1, -0.05) is 40.2 Å². The molecule has 2 aromatic rings. The molecule has 3 nitrogen and oxygen atoms in total. The van der Waals surface area contributed by atoms with Gasteiger partial charge in [-0.2, -0.15) is 0 Å². The average Bonchev–Trinajstić information content (AvgIpc) is 2.31. The third kappa shape index (κ3) is 2.89. The molecule has 0 atom stereocenters. The Bertz CT molecular complexity index is 644. The van der Waals surface area contributed by atoms with Crippen LogP contribution in [0.25, 0.3) is 10.8 Å². The number of benzene rings is 2. The molecule has 0 amide bonds. The van der Waals surface area contributed by atoms with Crippen molar-refractivity contribution in [3.63, 3.8) is 0 Å². The summed E-state index contributed by atoms with van der Waals surface area (Å²) in [5.74, 6) is -0.406. The zero-order chi connectivity index (χ0) is 14.2. The van der Waals surface area contributed by atoms with Crippen LogP contribution in [0.1, 0.15) is 31.1 Å². The number of rotatable bonds is 1. The summed E-state index contributed by atoms with van der Waals surface area (Å²) in [6.07, 6.45) is 0. The first-order chi connectivity index (χ1) is 8.79. The van der Waals surface area contributed by atoms with Gasteiger partial charge in [-0.3, -0.25) is 0 Å². The first-order valence-corrected chi connectivity index (χ1v) is 6.79. The predicted molar refractivity (Wildman–Crippen MR) is 81.2 cm³/mol. The topological polar surface area (TPSA) is 52.3 Å². The van der Waals surface area contributed by atoms with Crippen LogP contribution in [0.2, 0.25) is 0 Å². The van der Waals surface area contributed by atoms with Crippen LogP contribution in [-0.2, 0) is 4.74 Å². The lowest BCUT2D eigenvalue weighted by Gasteiger charge is -2.20. The summed E-state index contributed by atoms with van der Waals surface area (Å²) in [5, 5.41) is 1.82. The second-order valence-corrected chi connectivity index (χ2v) is 6.22. The summed E-state index contributed by atoms with van der Waals surface area (Å²) >= 11 is 3.47. The molecule has 0 aliphatic heterocycles. The third-order valence-electron chi connectivity index (χ3n) is 2.65. The van der Waals surface area contributed by atoms with E-state index in [4.69, 9.17) is 10.5 Å². The summed E-state index contributed by atoms with van der Waals surface area (Å²) in [6.45, 7) is 5.49. The first-order valence-electron chi connectivity index (χ1n) is 5.99. The van der Waals surface area contributed by atoms with Gasteiger partial charge >= 0.3 is 5.97 Å². The molecule has 0 aromatic heterocycles. The van der Waals surface area contributed by atoms with Gasteiger partial charge < -0.3 is 10.5 Å². The Morgan fingerprint density at radius 3 is 2.37 bits per heavy atom. The summed E-state index contributed by atoms with van der Waals surface area (Å²) in [4.78, 5) is 12.2. The molecular formula is C15H16BrNO2. The van der Waals surface area contributed by atoms with E-state index >= 15 is 0 Å². The van der Waals surface area contributed by atoms with Crippen LogP contribution in [0.3, 0.4) is 0 Å². The fraction of sp³-hybridized carbons (Fsp3) is 0.267. The number of nitrogen functional groups attached to an aromatic ring is 1. The highest BCUT2D eigenvalue weighted by atomic mass is 79.9. The lowest BCUT2D eigenvalue weighted by molar-refractivity contribution is 0.00709. The highest BCUT2D eigenvalue weighted by molar-refractivity contribution is 9.10. The molecule has 0 bridgehead atoms. The number of carbonyl (C=O) groups excluding carboxylic acids is 1. The Kier molecular flexibility index (Phi) is 3.54. The number of halogens is 1. The molecule has 0 heterocycles. The van der Waals surface area contributed by atoms with E-state index in [-0.39, 0.29) is 0 Å². The molecule has 0 aliphatic carbocycles. The van der Waals surface area contributed by atoms with Gasteiger partial charge in [0.05, 0.1) is 11.3 Å². The maximum atomic E-state index is 12.2. The lowest BCUT2D eigenvalue weighted by atomic mass is 10.0. The Labute approximate surface area is 120 Å². The summed E-state index contributed by atoms with van der Waals surface area (Å²) < 4.78 is 6.20. The Hall–Kier alpha value is -1.55. The third-order valence-corrected chi connectivity index (χ3v) is 3.31. The number of esters is 1. The van der Waals surface area contributed by atoms with Gasteiger partial charge in [0, 0.05) is 9.86 Å². The number of carbonyl (C=O) groups is 1. The number of hydrogen-bond donors (Lipinski definition) is 1. The molecule has 2 aromatic carbocycles. The highest BCUT2D eigenvalue weighted by Gasteiger charge is 2.21. The second-order valence-electron chi connectivity index (χ2n) is 5.37. The molecule has 0 unspecified atom stereocenters. The Morgan fingerprint density at radius 2 is 1.79 bits per heavy atom. The quantitative estimate of drug-likeness (QED) is 0.634. The number of fused-ring (bicyclic) bond motifs is 1. The SMILES string of the molecule is CC(C)(C)OC(=O)c1cc(Br)c2ccccc2c1N. The molecule has 0 saturated carbocycles. The van der Waals surface area contributed by atoms with Gasteiger partial charge in [-0.05, 0) is 32.2 Å². The molecule has 100 valence electrons. The normalized spacial score (nSPS) is 11.6. The van der Waals surface area contributed by atoms with E-state index in [1.165, 1.54) is 0 Å². The van der Waals surface area contributed by atoms with E-state index < -0.39 is 11.6 Å². The van der Waals surface area contributed by atoms with Crippen LogP contribution in [0.15, 0.2) is 34.8 Å². The Morgan fingerprint density at radius 1 is 1.21 bits per heavy atom. The number of anilines is 1. The van der Waals surface area contributed by atoms with Crippen molar-refractivity contribution in [3.8, 4) is 0 Å². The second kappa shape index (κ2) is 4.85. The average molecular weight is 322 g/mol. The highest BCUT2D eigenvalue weighted by Crippen LogP contribution is 2.32. The zero-order valence-electron chi connectivity index (χ0n) is 11.2. The molecule has 0 saturated heterocycles. The van der Waals surface area contributed by atoms with Crippen LogP contribution in [-0.4, -0.2) is 11.6 Å². The standard InChI is InChI=1S/C15H16BrNO2/c1-15(2,3)19-14(18)11-8-12(16)9-6-4-5-7-10(9)13(11)17/h4-8H,17H2,1-3H3. The van der Waals surface area contributed by atoms with Crippen molar-refractivity contribution in [2.24, 2.45) is 0 Å². The summed E-state index contributed by atoms with van der Waals surface area (Å²) in [5.41, 5.74) is 6.39. The van der Waals surface area contributed by atoms with E-state index in [1.807, 2.05) is 45.0 Å². The van der Waals surface area contributed by atoms with Gasteiger partial charge in [-0.15, -0.1) is 0 Å². The monoisotopic (exact) mass is 321 g/mol. The largest absolute Gasteiger partial charge is 0.456 e. The van der Waals surface area contributed by atoms with Crippen molar-refractivity contribution in [2.45, 2.75) is 26.4 Å². The van der Waals surface area contributed by atoms with Gasteiger partial charge in [0.15, 0.2) is 0 Å². The van der Waals surface area contributed by atoms with Crippen molar-refractivity contribution in [3.05, 3.63) is 40.4 Å². The number of nitrogens with two attached hydrogens (primary N) is 1. The Balaban J connectivity index is 2.56. The van der Waals surface area contributed by atoms with Crippen LogP contribution < -0.4 is 5.73 Å². The molecule has 0 spiro atoms. The van der Waals surface area contributed by atoms with E-state index in [0.717, 1.165) is 15.2 Å². The van der Waals surface area contributed by atoms with Gasteiger partial charge in [0.1, 0.15) is 5.60 Å². The van der Waals surface area contributed by atoms with Gasteiger partial charge in [-0.25, -0.2) is 4.79 Å². The molecule has 0 radical (unpaired) electrons. The van der Waals surface area contributed by atoms with E-state index in [2.05, 4.69) is 15.9 Å². The molecule has 4 heteroatoms. The van der Waals surface area contributed by atoms with Gasteiger partial charge in [0.2, 0.25) is 0 Å². The van der Waals surface area contributed by atoms with Crippen LogP contribution in [0.5, 0.6) is 0 Å². The van der Waals surface area contributed by atoms with Crippen LogP contribution in [0.4, 0.5) is 5.69 Å². The van der Waals surface area contributed by atoms with Gasteiger partial charge in [0.25, 0.3) is 0 Å². The summed E-state index contributed by atoms with van der Waals surface area (Å²) in [7, 11) is 0. The van der Waals surface area contributed by atoms with Crippen molar-refractivity contribution in [2.75, 3.05) is 5.73 Å². The van der Waals surface area contributed by atoms with E-state index in [9.17, 15) is 4.79 Å². The van der Waals surface area contributed by atoms with Crippen molar-refractivity contribution < 1.29 is 9.53 Å². The molecule has 0 fully saturated rings. The van der Waals surface area contributed by atoms with Crippen molar-refractivity contribution in [1.29, 1.82) is 0 Å². The minimum Gasteiger partial charge on any atom is -0.456 e. The molecular weight excluding hydrogens is 306 g/mol. The summed E-state index contributed by atoms with van der Waals surface area (Å²) in [6, 6.07) is 9.38. The van der Waals surface area contributed by atoms with Crippen LogP contribution in [0, 0.1) is 0 Å². The van der Waals surface area contributed by atoms with Crippen LogP contribution >= 0.6 is 15.9 Å². The first kappa shape index (κ1) is 13.9.